The van der Waals surface area contributed by atoms with Gasteiger partial charge in [0, 0.05) is 36.7 Å². The number of hydrogen-bond acceptors (Lipinski definition) is 2. The van der Waals surface area contributed by atoms with Crippen LogP contribution in [0.25, 0.3) is 0 Å². The van der Waals surface area contributed by atoms with Crippen LogP contribution < -0.4 is 5.32 Å². The zero-order chi connectivity index (χ0) is 20.5. The summed E-state index contributed by atoms with van der Waals surface area (Å²) < 4.78 is 2.05. The molecular weight excluding hydrogens is 364 g/mol. The summed E-state index contributed by atoms with van der Waals surface area (Å²) in [5.74, 6) is 0.0391. The molecule has 1 aromatic carbocycles. The molecule has 0 atom stereocenters. The minimum atomic E-state index is -0.173. The number of urea groups is 1. The number of anilines is 1. The maximum absolute atomic E-state index is 13.2. The van der Waals surface area contributed by atoms with Crippen molar-refractivity contribution in [3.05, 3.63) is 53.3 Å². The molecule has 1 N–H and O–H groups in total. The summed E-state index contributed by atoms with van der Waals surface area (Å²) in [6.45, 7) is 4.72. The van der Waals surface area contributed by atoms with E-state index in [9.17, 15) is 9.59 Å². The number of aromatic nitrogens is 1. The molecule has 1 heterocycles. The van der Waals surface area contributed by atoms with Crippen LogP contribution in [0.5, 0.6) is 0 Å². The van der Waals surface area contributed by atoms with E-state index in [1.54, 1.807) is 4.90 Å². The number of para-hydroxylation sites is 1. The summed E-state index contributed by atoms with van der Waals surface area (Å²) in [5, 5.41) is 3.06. The van der Waals surface area contributed by atoms with Gasteiger partial charge in [-0.3, -0.25) is 4.79 Å². The Hall–Kier alpha value is -2.76. The van der Waals surface area contributed by atoms with Crippen LogP contribution >= 0.6 is 0 Å². The summed E-state index contributed by atoms with van der Waals surface area (Å²) in [7, 11) is 2.00. The SMILES string of the molecule is Cc1cccc(C)c1NC(=O)N(CC(=O)N(Cc1cccn1C)C1CC1)C1CC1. The lowest BCUT2D eigenvalue weighted by Crippen LogP contribution is -2.46. The van der Waals surface area contributed by atoms with Gasteiger partial charge in [0.2, 0.25) is 5.91 Å². The van der Waals surface area contributed by atoms with Crippen LogP contribution in [-0.2, 0) is 18.4 Å². The Labute approximate surface area is 172 Å². The third-order valence-electron chi connectivity index (χ3n) is 5.96. The topological polar surface area (TPSA) is 57.6 Å². The lowest BCUT2D eigenvalue weighted by Gasteiger charge is -2.28. The Balaban J connectivity index is 1.46. The Morgan fingerprint density at radius 2 is 1.62 bits per heavy atom. The largest absolute Gasteiger partial charge is 0.353 e. The smallest absolute Gasteiger partial charge is 0.322 e. The quantitative estimate of drug-likeness (QED) is 0.776. The highest BCUT2D eigenvalue weighted by Crippen LogP contribution is 2.31. The van der Waals surface area contributed by atoms with E-state index in [0.29, 0.717) is 12.6 Å². The van der Waals surface area contributed by atoms with Crippen LogP contribution in [0.1, 0.15) is 42.5 Å². The second-order valence-corrected chi connectivity index (χ2v) is 8.42. The minimum Gasteiger partial charge on any atom is -0.353 e. The molecule has 0 aliphatic heterocycles. The Bertz CT molecular complexity index is 891. The monoisotopic (exact) mass is 394 g/mol. The first kappa shape index (κ1) is 19.6. The molecule has 2 aromatic rings. The predicted octanol–water partition coefficient (Wildman–Crippen LogP) is 3.83. The van der Waals surface area contributed by atoms with Crippen LogP contribution in [0.3, 0.4) is 0 Å². The molecule has 2 aliphatic carbocycles. The molecule has 1 aromatic heterocycles. The molecule has 2 aliphatic rings. The molecule has 3 amide bonds. The van der Waals surface area contributed by atoms with Crippen molar-refractivity contribution >= 4 is 17.6 Å². The maximum Gasteiger partial charge on any atom is 0.322 e. The highest BCUT2D eigenvalue weighted by atomic mass is 16.2. The van der Waals surface area contributed by atoms with Gasteiger partial charge in [-0.1, -0.05) is 18.2 Å². The van der Waals surface area contributed by atoms with Crippen molar-refractivity contribution < 1.29 is 9.59 Å². The van der Waals surface area contributed by atoms with Crippen molar-refractivity contribution in [2.45, 2.75) is 58.2 Å². The van der Waals surface area contributed by atoms with E-state index in [1.807, 2.05) is 56.3 Å². The van der Waals surface area contributed by atoms with Gasteiger partial charge >= 0.3 is 6.03 Å². The number of hydrogen-bond donors (Lipinski definition) is 1. The third kappa shape index (κ3) is 4.47. The Kier molecular flexibility index (Phi) is 5.35. The van der Waals surface area contributed by atoms with Gasteiger partial charge in [0.25, 0.3) is 0 Å². The minimum absolute atomic E-state index is 0.0391. The number of benzene rings is 1. The molecule has 0 radical (unpaired) electrons. The molecule has 0 saturated heterocycles. The highest BCUT2D eigenvalue weighted by Gasteiger charge is 2.38. The van der Waals surface area contributed by atoms with Crippen molar-refractivity contribution in [1.29, 1.82) is 0 Å². The molecule has 2 saturated carbocycles. The molecule has 6 heteroatoms. The molecule has 6 nitrogen and oxygen atoms in total. The lowest BCUT2D eigenvalue weighted by molar-refractivity contribution is -0.133. The number of amides is 3. The highest BCUT2D eigenvalue weighted by molar-refractivity contribution is 5.94. The van der Waals surface area contributed by atoms with Crippen LogP contribution in [0.4, 0.5) is 10.5 Å². The van der Waals surface area contributed by atoms with Gasteiger partial charge in [0.15, 0.2) is 0 Å². The average molecular weight is 395 g/mol. The molecular formula is C23H30N4O2. The van der Waals surface area contributed by atoms with Gasteiger partial charge in [0.1, 0.15) is 6.54 Å². The van der Waals surface area contributed by atoms with Gasteiger partial charge < -0.3 is 19.7 Å². The van der Waals surface area contributed by atoms with Gasteiger partial charge in [-0.05, 0) is 62.8 Å². The van der Waals surface area contributed by atoms with Crippen molar-refractivity contribution in [2.75, 3.05) is 11.9 Å². The summed E-state index contributed by atoms with van der Waals surface area (Å²) in [4.78, 5) is 29.9. The number of nitrogens with one attached hydrogen (secondary N) is 1. The Morgan fingerprint density at radius 3 is 2.17 bits per heavy atom. The van der Waals surface area contributed by atoms with E-state index < -0.39 is 0 Å². The zero-order valence-corrected chi connectivity index (χ0v) is 17.5. The summed E-state index contributed by atoms with van der Waals surface area (Å²) in [6, 6.07) is 10.3. The molecule has 154 valence electrons. The van der Waals surface area contributed by atoms with Gasteiger partial charge in [-0.15, -0.1) is 0 Å². The summed E-state index contributed by atoms with van der Waals surface area (Å²) >= 11 is 0. The Morgan fingerprint density at radius 1 is 1.00 bits per heavy atom. The molecule has 29 heavy (non-hydrogen) atoms. The second-order valence-electron chi connectivity index (χ2n) is 8.42. The zero-order valence-electron chi connectivity index (χ0n) is 17.5. The molecule has 4 rings (SSSR count). The van der Waals surface area contributed by atoms with Gasteiger partial charge in [-0.25, -0.2) is 4.79 Å². The first-order valence-corrected chi connectivity index (χ1v) is 10.5. The molecule has 2 fully saturated rings. The number of aryl methyl sites for hydroxylation is 3. The first-order chi connectivity index (χ1) is 13.9. The maximum atomic E-state index is 13.2. The number of carbonyl (C=O) groups is 2. The standard InChI is InChI=1S/C23H30N4O2/c1-16-6-4-7-17(2)22(16)24-23(29)27(19-11-12-19)15-21(28)26(18-9-10-18)14-20-8-5-13-25(20)3/h4-8,13,18-19H,9-12,14-15H2,1-3H3,(H,24,29). The van der Waals surface area contributed by atoms with Crippen LogP contribution in [0.15, 0.2) is 36.5 Å². The fourth-order valence-corrected chi connectivity index (χ4v) is 3.82. The van der Waals surface area contributed by atoms with E-state index >= 15 is 0 Å². The summed E-state index contributed by atoms with van der Waals surface area (Å²) in [6.07, 6.45) is 6.03. The van der Waals surface area contributed by atoms with Gasteiger partial charge in [-0.2, -0.15) is 0 Å². The van der Waals surface area contributed by atoms with E-state index in [4.69, 9.17) is 0 Å². The van der Waals surface area contributed by atoms with Crippen molar-refractivity contribution in [3.8, 4) is 0 Å². The number of nitrogens with zero attached hydrogens (tertiary/aromatic N) is 3. The second kappa shape index (κ2) is 7.93. The van der Waals surface area contributed by atoms with Gasteiger partial charge in [0.05, 0.1) is 6.54 Å². The fourth-order valence-electron chi connectivity index (χ4n) is 3.82. The average Bonchev–Trinajstić information content (AvgIpc) is 3.60. The molecule has 0 unspecified atom stereocenters. The van der Waals surface area contributed by atoms with E-state index in [2.05, 4.69) is 16.0 Å². The lowest BCUT2D eigenvalue weighted by atomic mass is 10.1. The van der Waals surface area contributed by atoms with E-state index in [1.165, 1.54) is 0 Å². The first-order valence-electron chi connectivity index (χ1n) is 10.5. The normalized spacial score (nSPS) is 15.8. The predicted molar refractivity (Wildman–Crippen MR) is 114 cm³/mol. The van der Waals surface area contributed by atoms with Crippen molar-refractivity contribution in [2.24, 2.45) is 7.05 Å². The van der Waals surface area contributed by atoms with Crippen LogP contribution in [-0.4, -0.2) is 44.9 Å². The summed E-state index contributed by atoms with van der Waals surface area (Å²) in [5.41, 5.74) is 4.02. The van der Waals surface area contributed by atoms with E-state index in [0.717, 1.165) is 48.2 Å². The van der Waals surface area contributed by atoms with Crippen LogP contribution in [0, 0.1) is 13.8 Å². The van der Waals surface area contributed by atoms with E-state index in [-0.39, 0.29) is 24.5 Å². The van der Waals surface area contributed by atoms with Crippen molar-refractivity contribution in [1.82, 2.24) is 14.4 Å². The third-order valence-corrected chi connectivity index (χ3v) is 5.96. The number of carbonyl (C=O) groups excluding carboxylic acids is 2. The van der Waals surface area contributed by atoms with Crippen molar-refractivity contribution in [3.63, 3.8) is 0 Å². The van der Waals surface area contributed by atoms with Crippen LogP contribution in [0.2, 0.25) is 0 Å². The molecule has 0 bridgehead atoms. The molecule has 0 spiro atoms. The fraction of sp³-hybridized carbons (Fsp3) is 0.478. The number of rotatable bonds is 7.